The van der Waals surface area contributed by atoms with Crippen LogP contribution >= 0.6 is 0 Å². The van der Waals surface area contributed by atoms with Crippen molar-refractivity contribution in [3.05, 3.63) is 54.1 Å². The molecule has 4 heteroatoms. The van der Waals surface area contributed by atoms with E-state index in [1.807, 2.05) is 42.5 Å². The van der Waals surface area contributed by atoms with Crippen molar-refractivity contribution in [2.75, 3.05) is 5.32 Å². The van der Waals surface area contributed by atoms with Crippen molar-refractivity contribution in [1.82, 2.24) is 9.97 Å². The van der Waals surface area contributed by atoms with Crippen molar-refractivity contribution in [2.24, 2.45) is 0 Å². The quantitative estimate of drug-likeness (QED) is 0.741. The van der Waals surface area contributed by atoms with Gasteiger partial charge in [0.05, 0.1) is 17.1 Å². The van der Waals surface area contributed by atoms with Gasteiger partial charge in [-0.15, -0.1) is 0 Å². The summed E-state index contributed by atoms with van der Waals surface area (Å²) in [7, 11) is 0. The summed E-state index contributed by atoms with van der Waals surface area (Å²) in [6.07, 6.45) is 0.890. The van der Waals surface area contributed by atoms with Crippen LogP contribution in [0.2, 0.25) is 0 Å². The maximum Gasteiger partial charge on any atom is 0.201 e. The Morgan fingerprint density at radius 3 is 2.77 bits per heavy atom. The molecule has 4 nitrogen and oxygen atoms in total. The molecule has 22 heavy (non-hydrogen) atoms. The lowest BCUT2D eigenvalue weighted by molar-refractivity contribution is 0.0758. The van der Waals surface area contributed by atoms with Gasteiger partial charge in [0.1, 0.15) is 11.4 Å². The number of aromatic amines is 1. The Hall–Kier alpha value is -2.49. The van der Waals surface area contributed by atoms with Gasteiger partial charge in [0.15, 0.2) is 0 Å². The van der Waals surface area contributed by atoms with E-state index in [1.54, 1.807) is 0 Å². The smallest absolute Gasteiger partial charge is 0.201 e. The van der Waals surface area contributed by atoms with E-state index in [0.29, 0.717) is 0 Å². The normalized spacial score (nSPS) is 19.5. The van der Waals surface area contributed by atoms with Crippen molar-refractivity contribution >= 4 is 17.0 Å². The molecule has 0 spiro atoms. The lowest BCUT2D eigenvalue weighted by Crippen LogP contribution is -2.37. The minimum absolute atomic E-state index is 0.181. The first-order chi connectivity index (χ1) is 10.6. The van der Waals surface area contributed by atoms with Gasteiger partial charge in [-0.25, -0.2) is 4.98 Å². The minimum atomic E-state index is -0.196. The molecule has 2 heterocycles. The molecule has 0 aliphatic carbocycles. The van der Waals surface area contributed by atoms with Crippen LogP contribution in [0.25, 0.3) is 11.0 Å². The number of hydrogen-bond acceptors (Lipinski definition) is 3. The van der Waals surface area contributed by atoms with E-state index >= 15 is 0 Å². The molecular weight excluding hydrogens is 274 g/mol. The fraction of sp³-hybridized carbons (Fsp3) is 0.278. The number of rotatable bonds is 2. The third-order valence-corrected chi connectivity index (χ3v) is 4.08. The lowest BCUT2D eigenvalue weighted by Gasteiger charge is -2.37. The first kappa shape index (κ1) is 13.2. The first-order valence-corrected chi connectivity index (χ1v) is 7.60. The number of imidazole rings is 1. The molecule has 1 unspecified atom stereocenters. The molecule has 112 valence electrons. The van der Waals surface area contributed by atoms with Crippen LogP contribution in [-0.2, 0) is 0 Å². The molecule has 0 saturated heterocycles. The largest absolute Gasteiger partial charge is 0.487 e. The van der Waals surface area contributed by atoms with Crippen molar-refractivity contribution in [2.45, 2.75) is 31.9 Å². The molecule has 4 rings (SSSR count). The SMILES string of the molecule is CC1(C)CC(Nc2nc3ccccc3[nH]2)c2ccccc2O1. The molecule has 0 bridgehead atoms. The van der Waals surface area contributed by atoms with Gasteiger partial charge < -0.3 is 15.0 Å². The van der Waals surface area contributed by atoms with Gasteiger partial charge in [-0.2, -0.15) is 0 Å². The van der Waals surface area contributed by atoms with Crippen molar-refractivity contribution in [1.29, 1.82) is 0 Å². The Morgan fingerprint density at radius 2 is 1.91 bits per heavy atom. The lowest BCUT2D eigenvalue weighted by atomic mass is 9.90. The van der Waals surface area contributed by atoms with Gasteiger partial charge >= 0.3 is 0 Å². The predicted molar refractivity (Wildman–Crippen MR) is 88.2 cm³/mol. The highest BCUT2D eigenvalue weighted by Crippen LogP contribution is 2.40. The van der Waals surface area contributed by atoms with Gasteiger partial charge in [0.25, 0.3) is 0 Å². The van der Waals surface area contributed by atoms with Gasteiger partial charge in [0, 0.05) is 12.0 Å². The average Bonchev–Trinajstić information content (AvgIpc) is 2.88. The predicted octanol–water partition coefficient (Wildman–Crippen LogP) is 4.28. The van der Waals surface area contributed by atoms with Crippen LogP contribution in [0, 0.1) is 0 Å². The van der Waals surface area contributed by atoms with E-state index in [-0.39, 0.29) is 11.6 Å². The Labute approximate surface area is 129 Å². The number of aromatic nitrogens is 2. The Kier molecular flexibility index (Phi) is 2.86. The maximum atomic E-state index is 6.08. The molecule has 2 aromatic carbocycles. The molecule has 2 N–H and O–H groups in total. The molecule has 0 amide bonds. The zero-order valence-corrected chi connectivity index (χ0v) is 12.8. The summed E-state index contributed by atoms with van der Waals surface area (Å²) in [5.41, 5.74) is 3.01. The molecule has 1 aromatic heterocycles. The molecule has 3 aromatic rings. The number of fused-ring (bicyclic) bond motifs is 2. The summed E-state index contributed by atoms with van der Waals surface area (Å²) in [5, 5.41) is 3.54. The number of nitrogens with zero attached hydrogens (tertiary/aromatic N) is 1. The number of para-hydroxylation sites is 3. The highest BCUT2D eigenvalue weighted by Gasteiger charge is 2.33. The van der Waals surface area contributed by atoms with Crippen LogP contribution in [0.5, 0.6) is 5.75 Å². The van der Waals surface area contributed by atoms with Gasteiger partial charge in [-0.1, -0.05) is 30.3 Å². The number of anilines is 1. The number of nitrogens with one attached hydrogen (secondary N) is 2. The van der Waals surface area contributed by atoms with Crippen LogP contribution in [0.4, 0.5) is 5.95 Å². The van der Waals surface area contributed by atoms with E-state index in [1.165, 1.54) is 5.56 Å². The van der Waals surface area contributed by atoms with Gasteiger partial charge in [-0.05, 0) is 32.0 Å². The highest BCUT2D eigenvalue weighted by molar-refractivity contribution is 5.77. The topological polar surface area (TPSA) is 49.9 Å². The molecule has 0 radical (unpaired) electrons. The van der Waals surface area contributed by atoms with Crippen molar-refractivity contribution in [3.63, 3.8) is 0 Å². The second kappa shape index (κ2) is 4.77. The van der Waals surface area contributed by atoms with E-state index in [4.69, 9.17) is 4.74 Å². The highest BCUT2D eigenvalue weighted by atomic mass is 16.5. The number of ether oxygens (including phenoxy) is 1. The summed E-state index contributed by atoms with van der Waals surface area (Å²) in [5.74, 6) is 1.76. The van der Waals surface area contributed by atoms with E-state index in [0.717, 1.165) is 29.2 Å². The van der Waals surface area contributed by atoms with Gasteiger partial charge in [-0.3, -0.25) is 0 Å². The Balaban J connectivity index is 1.69. The third-order valence-electron chi connectivity index (χ3n) is 4.08. The zero-order valence-electron chi connectivity index (χ0n) is 12.8. The molecule has 0 saturated carbocycles. The first-order valence-electron chi connectivity index (χ1n) is 7.60. The molecule has 1 aliphatic rings. The fourth-order valence-electron chi connectivity index (χ4n) is 3.12. The molecule has 1 aliphatic heterocycles. The Morgan fingerprint density at radius 1 is 1.14 bits per heavy atom. The summed E-state index contributed by atoms with van der Waals surface area (Å²) < 4.78 is 6.08. The van der Waals surface area contributed by atoms with Crippen LogP contribution in [-0.4, -0.2) is 15.6 Å². The summed E-state index contributed by atoms with van der Waals surface area (Å²) in [4.78, 5) is 7.96. The molecular formula is C18H19N3O. The summed E-state index contributed by atoms with van der Waals surface area (Å²) in [6, 6.07) is 16.5. The van der Waals surface area contributed by atoms with E-state index in [2.05, 4.69) is 35.2 Å². The number of H-pyrrole nitrogens is 1. The zero-order chi connectivity index (χ0) is 15.2. The number of benzene rings is 2. The van der Waals surface area contributed by atoms with Crippen molar-refractivity contribution in [3.8, 4) is 5.75 Å². The van der Waals surface area contributed by atoms with Crippen LogP contribution < -0.4 is 10.1 Å². The minimum Gasteiger partial charge on any atom is -0.487 e. The third kappa shape index (κ3) is 2.30. The van der Waals surface area contributed by atoms with E-state index < -0.39 is 0 Å². The van der Waals surface area contributed by atoms with Crippen LogP contribution in [0.15, 0.2) is 48.5 Å². The van der Waals surface area contributed by atoms with Gasteiger partial charge in [0.2, 0.25) is 5.95 Å². The monoisotopic (exact) mass is 293 g/mol. The molecule has 0 fully saturated rings. The Bertz CT molecular complexity index is 789. The van der Waals surface area contributed by atoms with Crippen LogP contribution in [0.1, 0.15) is 31.9 Å². The maximum absolute atomic E-state index is 6.08. The number of hydrogen-bond donors (Lipinski definition) is 2. The van der Waals surface area contributed by atoms with Crippen LogP contribution in [0.3, 0.4) is 0 Å². The second-order valence-electron chi connectivity index (χ2n) is 6.40. The standard InChI is InChI=1S/C18H19N3O/c1-18(2)11-15(12-7-3-6-10-16(12)22-18)21-17-19-13-8-4-5-9-14(13)20-17/h3-10,15H,11H2,1-2H3,(H2,19,20,21). The average molecular weight is 293 g/mol. The molecule has 1 atom stereocenters. The fourth-order valence-corrected chi connectivity index (χ4v) is 3.12. The van der Waals surface area contributed by atoms with E-state index in [9.17, 15) is 0 Å². The second-order valence-corrected chi connectivity index (χ2v) is 6.40. The van der Waals surface area contributed by atoms with Crippen molar-refractivity contribution < 1.29 is 4.74 Å². The summed E-state index contributed by atoms with van der Waals surface area (Å²) >= 11 is 0. The summed E-state index contributed by atoms with van der Waals surface area (Å²) in [6.45, 7) is 4.24.